The van der Waals surface area contributed by atoms with E-state index in [2.05, 4.69) is 34.3 Å². The second kappa shape index (κ2) is 8.47. The van der Waals surface area contributed by atoms with Gasteiger partial charge >= 0.3 is 0 Å². The minimum absolute atomic E-state index is 0.0287. The number of hydrogen-bond donors (Lipinski definition) is 2. The van der Waals surface area contributed by atoms with Crippen LogP contribution in [-0.4, -0.2) is 39.8 Å². The lowest BCUT2D eigenvalue weighted by Crippen LogP contribution is -2.45. The molecular weight excluding hydrogens is 364 g/mol. The van der Waals surface area contributed by atoms with Gasteiger partial charge in [-0.25, -0.2) is 0 Å². The maximum Gasteiger partial charge on any atom is 0.224 e. The Morgan fingerprint density at radius 2 is 2.07 bits per heavy atom. The Morgan fingerprint density at radius 1 is 1.24 bits per heavy atom. The number of carbonyl (C=O) groups is 2. The van der Waals surface area contributed by atoms with Crippen LogP contribution in [0.5, 0.6) is 0 Å². The third-order valence-electron chi connectivity index (χ3n) is 5.65. The summed E-state index contributed by atoms with van der Waals surface area (Å²) in [6.45, 7) is 3.57. The molecule has 0 radical (unpaired) electrons. The van der Waals surface area contributed by atoms with Crippen molar-refractivity contribution in [3.8, 4) is 0 Å². The quantitative estimate of drug-likeness (QED) is 0.679. The van der Waals surface area contributed by atoms with Gasteiger partial charge in [-0.3, -0.25) is 14.6 Å². The first kappa shape index (κ1) is 19.2. The molecule has 6 nitrogen and oxygen atoms in total. The summed E-state index contributed by atoms with van der Waals surface area (Å²) in [6.07, 6.45) is 3.52. The van der Waals surface area contributed by atoms with Crippen molar-refractivity contribution < 1.29 is 9.59 Å². The van der Waals surface area contributed by atoms with Crippen LogP contribution in [0.15, 0.2) is 48.7 Å². The Morgan fingerprint density at radius 3 is 2.90 bits per heavy atom. The molecule has 6 heteroatoms. The van der Waals surface area contributed by atoms with Crippen LogP contribution in [0.25, 0.3) is 10.9 Å². The molecule has 29 heavy (non-hydrogen) atoms. The third-order valence-corrected chi connectivity index (χ3v) is 5.65. The first-order valence-corrected chi connectivity index (χ1v) is 10.1. The Hall–Kier alpha value is -3.15. The fourth-order valence-electron chi connectivity index (χ4n) is 4.08. The maximum atomic E-state index is 12.7. The zero-order chi connectivity index (χ0) is 20.2. The number of aromatic nitrogens is 2. The molecule has 1 aliphatic heterocycles. The standard InChI is InChI=1S/C23H26N4O2/c1-16-19(20-7-2-3-8-21(20)26-16)11-13-25-23(29)17-9-10-22(28)27(14-17)15-18-6-4-5-12-24-18/h2-8,12,17,26H,9-11,13-15H2,1H3,(H,25,29)/t17-/m0/s1. The molecule has 0 spiro atoms. The molecule has 2 N–H and O–H groups in total. The number of nitrogens with one attached hydrogen (secondary N) is 2. The molecule has 1 fully saturated rings. The molecule has 1 saturated heterocycles. The lowest BCUT2D eigenvalue weighted by atomic mass is 9.96. The molecular formula is C23H26N4O2. The van der Waals surface area contributed by atoms with Crippen molar-refractivity contribution in [3.05, 3.63) is 65.6 Å². The van der Waals surface area contributed by atoms with Gasteiger partial charge in [-0.2, -0.15) is 0 Å². The Balaban J connectivity index is 1.33. The molecule has 3 heterocycles. The van der Waals surface area contributed by atoms with Crippen LogP contribution >= 0.6 is 0 Å². The van der Waals surface area contributed by atoms with Crippen molar-refractivity contribution in [2.75, 3.05) is 13.1 Å². The molecule has 0 saturated carbocycles. The van der Waals surface area contributed by atoms with Gasteiger partial charge in [0, 0.05) is 42.3 Å². The van der Waals surface area contributed by atoms with Crippen molar-refractivity contribution in [1.29, 1.82) is 0 Å². The first-order valence-electron chi connectivity index (χ1n) is 10.1. The van der Waals surface area contributed by atoms with E-state index in [4.69, 9.17) is 0 Å². The van der Waals surface area contributed by atoms with Crippen LogP contribution in [0.2, 0.25) is 0 Å². The number of H-pyrrole nitrogens is 1. The van der Waals surface area contributed by atoms with E-state index in [1.54, 1.807) is 11.1 Å². The zero-order valence-corrected chi connectivity index (χ0v) is 16.6. The number of benzene rings is 1. The van der Waals surface area contributed by atoms with Gasteiger partial charge in [0.15, 0.2) is 0 Å². The smallest absolute Gasteiger partial charge is 0.224 e. The first-order chi connectivity index (χ1) is 14.1. The number of hydrogen-bond acceptors (Lipinski definition) is 3. The lowest BCUT2D eigenvalue weighted by Gasteiger charge is -2.31. The maximum absolute atomic E-state index is 12.7. The van der Waals surface area contributed by atoms with Crippen LogP contribution in [0.3, 0.4) is 0 Å². The van der Waals surface area contributed by atoms with Crippen molar-refractivity contribution in [1.82, 2.24) is 20.2 Å². The van der Waals surface area contributed by atoms with E-state index in [0.717, 1.165) is 23.3 Å². The molecule has 2 amide bonds. The van der Waals surface area contributed by atoms with Crippen molar-refractivity contribution in [2.45, 2.75) is 32.7 Å². The summed E-state index contributed by atoms with van der Waals surface area (Å²) in [5.41, 5.74) is 4.36. The van der Waals surface area contributed by atoms with Crippen LogP contribution in [0.4, 0.5) is 0 Å². The predicted molar refractivity (Wildman–Crippen MR) is 112 cm³/mol. The summed E-state index contributed by atoms with van der Waals surface area (Å²) >= 11 is 0. The molecule has 0 aliphatic carbocycles. The number of amides is 2. The molecule has 0 bridgehead atoms. The van der Waals surface area contributed by atoms with Gasteiger partial charge in [0.25, 0.3) is 0 Å². The largest absolute Gasteiger partial charge is 0.358 e. The number of rotatable bonds is 6. The average molecular weight is 390 g/mol. The zero-order valence-electron chi connectivity index (χ0n) is 16.6. The summed E-state index contributed by atoms with van der Waals surface area (Å²) in [4.78, 5) is 34.4. The van der Waals surface area contributed by atoms with E-state index in [1.165, 1.54) is 10.9 Å². The molecule has 0 unspecified atom stereocenters. The molecule has 1 atom stereocenters. The van der Waals surface area contributed by atoms with Gasteiger partial charge in [0.05, 0.1) is 18.2 Å². The highest BCUT2D eigenvalue weighted by atomic mass is 16.2. The highest BCUT2D eigenvalue weighted by Gasteiger charge is 2.30. The summed E-state index contributed by atoms with van der Waals surface area (Å²) < 4.78 is 0. The van der Waals surface area contributed by atoms with E-state index >= 15 is 0 Å². The van der Waals surface area contributed by atoms with Gasteiger partial charge in [-0.1, -0.05) is 24.3 Å². The summed E-state index contributed by atoms with van der Waals surface area (Å²) in [6, 6.07) is 13.9. The fraction of sp³-hybridized carbons (Fsp3) is 0.348. The minimum Gasteiger partial charge on any atom is -0.358 e. The fourth-order valence-corrected chi connectivity index (χ4v) is 4.08. The van der Waals surface area contributed by atoms with E-state index in [0.29, 0.717) is 32.5 Å². The third kappa shape index (κ3) is 4.31. The molecule has 1 aromatic carbocycles. The highest BCUT2D eigenvalue weighted by Crippen LogP contribution is 2.22. The van der Waals surface area contributed by atoms with E-state index < -0.39 is 0 Å². The Labute approximate surface area is 170 Å². The number of fused-ring (bicyclic) bond motifs is 1. The Bertz CT molecular complexity index is 1010. The number of piperidine rings is 1. The Kier molecular flexibility index (Phi) is 5.60. The number of nitrogens with zero attached hydrogens (tertiary/aromatic N) is 2. The van der Waals surface area contributed by atoms with Crippen LogP contribution in [-0.2, 0) is 22.6 Å². The number of carbonyl (C=O) groups excluding carboxylic acids is 2. The van der Waals surface area contributed by atoms with E-state index in [1.807, 2.05) is 30.3 Å². The molecule has 150 valence electrons. The van der Waals surface area contributed by atoms with Crippen molar-refractivity contribution in [2.24, 2.45) is 5.92 Å². The molecule has 1 aliphatic rings. The van der Waals surface area contributed by atoms with Gasteiger partial charge in [-0.05, 0) is 43.5 Å². The normalized spacial score (nSPS) is 16.9. The van der Waals surface area contributed by atoms with Crippen LogP contribution in [0.1, 0.15) is 29.8 Å². The summed E-state index contributed by atoms with van der Waals surface area (Å²) in [5.74, 6) is -0.0457. The number of likely N-dealkylation sites (tertiary alicyclic amines) is 1. The number of para-hydroxylation sites is 1. The molecule has 4 rings (SSSR count). The monoisotopic (exact) mass is 390 g/mol. The van der Waals surface area contributed by atoms with Crippen molar-refractivity contribution >= 4 is 22.7 Å². The van der Waals surface area contributed by atoms with Gasteiger partial charge in [-0.15, -0.1) is 0 Å². The number of aryl methyl sites for hydroxylation is 1. The molecule has 2 aromatic heterocycles. The number of aromatic amines is 1. The minimum atomic E-state index is -0.166. The summed E-state index contributed by atoms with van der Waals surface area (Å²) in [7, 11) is 0. The SMILES string of the molecule is Cc1[nH]c2ccccc2c1CCNC(=O)[C@H]1CCC(=O)N(Cc2ccccn2)C1. The second-order valence-corrected chi connectivity index (χ2v) is 7.65. The topological polar surface area (TPSA) is 78.1 Å². The van der Waals surface area contributed by atoms with Gasteiger partial charge in [0.2, 0.25) is 11.8 Å². The number of pyridine rings is 1. The lowest BCUT2D eigenvalue weighted by molar-refractivity contribution is -0.138. The van der Waals surface area contributed by atoms with E-state index in [-0.39, 0.29) is 17.7 Å². The highest BCUT2D eigenvalue weighted by molar-refractivity contribution is 5.85. The van der Waals surface area contributed by atoms with Crippen LogP contribution in [0, 0.1) is 12.8 Å². The van der Waals surface area contributed by atoms with Crippen molar-refractivity contribution in [3.63, 3.8) is 0 Å². The van der Waals surface area contributed by atoms with E-state index in [9.17, 15) is 9.59 Å². The average Bonchev–Trinajstić information content (AvgIpc) is 3.05. The molecule has 3 aromatic rings. The van der Waals surface area contributed by atoms with Crippen LogP contribution < -0.4 is 5.32 Å². The van der Waals surface area contributed by atoms with Gasteiger partial charge < -0.3 is 15.2 Å². The predicted octanol–water partition coefficient (Wildman–Crippen LogP) is 2.97. The summed E-state index contributed by atoms with van der Waals surface area (Å²) in [5, 5.41) is 4.29. The van der Waals surface area contributed by atoms with Gasteiger partial charge in [0.1, 0.15) is 0 Å². The second-order valence-electron chi connectivity index (χ2n) is 7.65.